The van der Waals surface area contributed by atoms with Crippen molar-refractivity contribution >= 4 is 11.9 Å². The fraction of sp³-hybridized carbons (Fsp3) is 0.500. The van der Waals surface area contributed by atoms with Crippen molar-refractivity contribution in [3.8, 4) is 0 Å². The van der Waals surface area contributed by atoms with E-state index in [9.17, 15) is 4.79 Å². The molecule has 2 aliphatic heterocycles. The van der Waals surface area contributed by atoms with Crippen LogP contribution in [0.25, 0.3) is 0 Å². The Balaban J connectivity index is 1.27. The van der Waals surface area contributed by atoms with Crippen LogP contribution in [-0.4, -0.2) is 76.0 Å². The summed E-state index contributed by atoms with van der Waals surface area (Å²) in [5.74, 6) is 1.28. The minimum absolute atomic E-state index is 0.0422. The number of hydrogen-bond donors (Lipinski definition) is 0. The minimum Gasteiger partial charge on any atom is -0.448 e. The number of aromatic nitrogens is 3. The van der Waals surface area contributed by atoms with E-state index in [0.29, 0.717) is 17.6 Å². The van der Waals surface area contributed by atoms with Gasteiger partial charge >= 0.3 is 0 Å². The number of carbonyl (C=O) groups excluding carboxylic acids is 1. The van der Waals surface area contributed by atoms with E-state index in [-0.39, 0.29) is 5.91 Å². The molecule has 4 rings (SSSR count). The van der Waals surface area contributed by atoms with Crippen LogP contribution in [0.1, 0.15) is 16.4 Å². The third-order valence-corrected chi connectivity index (χ3v) is 4.65. The predicted octanol–water partition coefficient (Wildman–Crippen LogP) is 0.420. The number of aryl methyl sites for hydroxylation is 1. The van der Waals surface area contributed by atoms with E-state index in [4.69, 9.17) is 4.42 Å². The van der Waals surface area contributed by atoms with E-state index in [1.165, 1.54) is 6.26 Å². The Morgan fingerprint density at radius 3 is 2.50 bits per heavy atom. The summed E-state index contributed by atoms with van der Waals surface area (Å²) in [6, 6.07) is 2.26. The predicted molar refractivity (Wildman–Crippen MR) is 86.7 cm³/mol. The van der Waals surface area contributed by atoms with Gasteiger partial charge in [0.1, 0.15) is 6.26 Å². The van der Waals surface area contributed by atoms with E-state index in [1.807, 2.05) is 11.0 Å². The molecule has 0 spiro atoms. The van der Waals surface area contributed by atoms with Gasteiger partial charge in [-0.25, -0.2) is 15.0 Å². The van der Waals surface area contributed by atoms with Crippen molar-refractivity contribution in [1.29, 1.82) is 0 Å². The van der Waals surface area contributed by atoms with Crippen LogP contribution < -0.4 is 4.90 Å². The van der Waals surface area contributed by atoms with Gasteiger partial charge in [0.2, 0.25) is 5.95 Å². The van der Waals surface area contributed by atoms with Gasteiger partial charge in [0.05, 0.1) is 0 Å². The van der Waals surface area contributed by atoms with Crippen LogP contribution in [0, 0.1) is 6.92 Å². The quantitative estimate of drug-likeness (QED) is 0.808. The van der Waals surface area contributed by atoms with Gasteiger partial charge in [-0.15, -0.1) is 0 Å². The number of rotatable bonds is 3. The first-order chi connectivity index (χ1) is 11.7. The molecule has 2 aliphatic rings. The standard InChI is InChI=1S/C16H20N6O2/c1-12-19-14(11-24-12)15(23)22-9-13(10-22)20-5-7-21(8-6-20)16-17-3-2-4-18-16/h2-4,11,13H,5-10H2,1H3. The summed E-state index contributed by atoms with van der Waals surface area (Å²) in [4.78, 5) is 31.5. The maximum absolute atomic E-state index is 12.3. The molecule has 2 aromatic heterocycles. The normalized spacial score (nSPS) is 19.4. The van der Waals surface area contributed by atoms with E-state index in [2.05, 4.69) is 24.8 Å². The van der Waals surface area contributed by atoms with Gasteiger partial charge in [-0.3, -0.25) is 9.69 Å². The Bertz CT molecular complexity index is 704. The van der Waals surface area contributed by atoms with Crippen molar-refractivity contribution in [2.75, 3.05) is 44.2 Å². The number of oxazole rings is 1. The van der Waals surface area contributed by atoms with Crippen molar-refractivity contribution < 1.29 is 9.21 Å². The highest BCUT2D eigenvalue weighted by Crippen LogP contribution is 2.20. The van der Waals surface area contributed by atoms with Gasteiger partial charge in [-0.05, 0) is 6.07 Å². The molecule has 0 saturated carbocycles. The molecule has 8 heteroatoms. The topological polar surface area (TPSA) is 78.6 Å². The molecule has 0 N–H and O–H groups in total. The van der Waals surface area contributed by atoms with Crippen molar-refractivity contribution in [2.24, 2.45) is 0 Å². The molecule has 126 valence electrons. The first-order valence-corrected chi connectivity index (χ1v) is 8.18. The first-order valence-electron chi connectivity index (χ1n) is 8.18. The Kier molecular flexibility index (Phi) is 3.89. The van der Waals surface area contributed by atoms with Crippen LogP contribution in [0.4, 0.5) is 5.95 Å². The van der Waals surface area contributed by atoms with Crippen LogP contribution in [-0.2, 0) is 0 Å². The summed E-state index contributed by atoms with van der Waals surface area (Å²) in [7, 11) is 0. The Morgan fingerprint density at radius 1 is 1.17 bits per heavy atom. The van der Waals surface area contributed by atoms with Crippen molar-refractivity contribution in [3.05, 3.63) is 36.3 Å². The van der Waals surface area contributed by atoms with Crippen LogP contribution in [0.2, 0.25) is 0 Å². The Hall–Kier alpha value is -2.48. The molecule has 24 heavy (non-hydrogen) atoms. The summed E-state index contributed by atoms with van der Waals surface area (Å²) >= 11 is 0. The molecule has 2 aromatic rings. The van der Waals surface area contributed by atoms with E-state index in [0.717, 1.165) is 45.2 Å². The SMILES string of the molecule is Cc1nc(C(=O)N2CC(N3CCN(c4ncccn4)CC3)C2)co1. The van der Waals surface area contributed by atoms with Crippen molar-refractivity contribution in [3.63, 3.8) is 0 Å². The number of likely N-dealkylation sites (tertiary alicyclic amines) is 1. The average molecular weight is 328 g/mol. The van der Waals surface area contributed by atoms with Gasteiger partial charge in [0.25, 0.3) is 5.91 Å². The number of nitrogens with zero attached hydrogens (tertiary/aromatic N) is 6. The average Bonchev–Trinajstić information content (AvgIpc) is 3.01. The second-order valence-corrected chi connectivity index (χ2v) is 6.19. The lowest BCUT2D eigenvalue weighted by Crippen LogP contribution is -2.64. The highest BCUT2D eigenvalue weighted by molar-refractivity contribution is 5.92. The van der Waals surface area contributed by atoms with Crippen molar-refractivity contribution in [2.45, 2.75) is 13.0 Å². The van der Waals surface area contributed by atoms with Crippen LogP contribution in [0.15, 0.2) is 29.1 Å². The molecule has 8 nitrogen and oxygen atoms in total. The molecular formula is C16H20N6O2. The zero-order chi connectivity index (χ0) is 16.5. The van der Waals surface area contributed by atoms with Crippen molar-refractivity contribution in [1.82, 2.24) is 24.8 Å². The van der Waals surface area contributed by atoms with Crippen LogP contribution in [0.5, 0.6) is 0 Å². The lowest BCUT2D eigenvalue weighted by atomic mass is 10.1. The summed E-state index contributed by atoms with van der Waals surface area (Å²) < 4.78 is 5.12. The lowest BCUT2D eigenvalue weighted by Gasteiger charge is -2.47. The molecule has 0 bridgehead atoms. The molecule has 0 aromatic carbocycles. The molecule has 1 amide bonds. The smallest absolute Gasteiger partial charge is 0.275 e. The minimum atomic E-state index is -0.0422. The summed E-state index contributed by atoms with van der Waals surface area (Å²) in [6.45, 7) is 7.01. The second-order valence-electron chi connectivity index (χ2n) is 6.19. The maximum Gasteiger partial charge on any atom is 0.275 e. The molecule has 2 saturated heterocycles. The van der Waals surface area contributed by atoms with Gasteiger partial charge in [0, 0.05) is 64.6 Å². The molecule has 4 heterocycles. The molecule has 0 radical (unpaired) electrons. The van der Waals surface area contributed by atoms with Gasteiger partial charge in [0.15, 0.2) is 11.6 Å². The fourth-order valence-corrected chi connectivity index (χ4v) is 3.22. The van der Waals surface area contributed by atoms with E-state index in [1.54, 1.807) is 19.3 Å². The summed E-state index contributed by atoms with van der Waals surface area (Å²) in [5, 5.41) is 0. The highest BCUT2D eigenvalue weighted by atomic mass is 16.3. The molecular weight excluding hydrogens is 308 g/mol. The zero-order valence-corrected chi connectivity index (χ0v) is 13.6. The first kappa shape index (κ1) is 15.1. The Labute approximate surface area is 140 Å². The monoisotopic (exact) mass is 328 g/mol. The van der Waals surface area contributed by atoms with Crippen LogP contribution >= 0.6 is 0 Å². The molecule has 2 fully saturated rings. The zero-order valence-electron chi connectivity index (χ0n) is 13.6. The summed E-state index contributed by atoms with van der Waals surface area (Å²) in [6.07, 6.45) is 4.98. The Morgan fingerprint density at radius 2 is 1.88 bits per heavy atom. The number of amides is 1. The molecule has 0 unspecified atom stereocenters. The number of carbonyl (C=O) groups is 1. The number of piperazine rings is 1. The van der Waals surface area contributed by atoms with Crippen LogP contribution in [0.3, 0.4) is 0 Å². The number of hydrogen-bond acceptors (Lipinski definition) is 7. The molecule has 0 aliphatic carbocycles. The largest absolute Gasteiger partial charge is 0.448 e. The third kappa shape index (κ3) is 2.84. The third-order valence-electron chi connectivity index (χ3n) is 4.65. The second kappa shape index (κ2) is 6.20. The van der Waals surface area contributed by atoms with E-state index >= 15 is 0 Å². The number of anilines is 1. The van der Waals surface area contributed by atoms with Gasteiger partial charge in [-0.2, -0.15) is 0 Å². The molecule has 0 atom stereocenters. The summed E-state index contributed by atoms with van der Waals surface area (Å²) in [5.41, 5.74) is 0.400. The van der Waals surface area contributed by atoms with E-state index < -0.39 is 0 Å². The van der Waals surface area contributed by atoms with Gasteiger partial charge < -0.3 is 14.2 Å². The highest BCUT2D eigenvalue weighted by Gasteiger charge is 2.37. The fourth-order valence-electron chi connectivity index (χ4n) is 3.22. The lowest BCUT2D eigenvalue weighted by molar-refractivity contribution is 0.0241. The van der Waals surface area contributed by atoms with Gasteiger partial charge in [-0.1, -0.05) is 0 Å². The maximum atomic E-state index is 12.3.